The van der Waals surface area contributed by atoms with Gasteiger partial charge in [0, 0.05) is 43.6 Å². The van der Waals surface area contributed by atoms with Gasteiger partial charge in [0.15, 0.2) is 6.29 Å². The van der Waals surface area contributed by atoms with E-state index < -0.39 is 79.3 Å². The number of carbonyl (C=O) groups excluding carboxylic acids is 2. The number of piperidine rings is 1. The second-order valence-corrected chi connectivity index (χ2v) is 14.1. The molecule has 15 heteroatoms. The molecule has 0 bridgehead atoms. The zero-order valence-electron chi connectivity index (χ0n) is 26.8. The molecule has 0 aromatic rings. The Kier molecular flexibility index (Phi) is 11.7. The molecule has 2 saturated heterocycles. The lowest BCUT2D eigenvalue weighted by Gasteiger charge is -2.52. The van der Waals surface area contributed by atoms with Gasteiger partial charge in [-0.25, -0.2) is 0 Å². The van der Waals surface area contributed by atoms with Crippen molar-refractivity contribution >= 4 is 17.5 Å². The highest BCUT2D eigenvalue weighted by Gasteiger charge is 2.61. The molecule has 0 amide bonds. The third-order valence-corrected chi connectivity index (χ3v) is 11.6. The van der Waals surface area contributed by atoms with Crippen molar-refractivity contribution in [3.8, 4) is 0 Å². The van der Waals surface area contributed by atoms with Crippen LogP contribution in [0.2, 0.25) is 0 Å². The van der Waals surface area contributed by atoms with Crippen LogP contribution in [-0.2, 0) is 23.8 Å². The van der Waals surface area contributed by atoms with E-state index in [0.717, 1.165) is 32.2 Å². The highest BCUT2D eigenvalue weighted by Crippen LogP contribution is 2.51. The second kappa shape index (κ2) is 15.2. The van der Waals surface area contributed by atoms with Gasteiger partial charge in [-0.15, -0.1) is 0 Å². The predicted octanol–water partition coefficient (Wildman–Crippen LogP) is -5.75. The molecule has 0 aromatic heterocycles. The maximum atomic E-state index is 14.5. The number of Topliss-reactive ketones (excluding diaryl/α,β-unsaturated/α-hetero) is 2. The number of ketones is 2. The Bertz CT molecular complexity index is 1090. The first-order valence-electron chi connectivity index (χ1n) is 16.9. The van der Waals surface area contributed by atoms with Crippen LogP contribution in [0.5, 0.6) is 0 Å². The summed E-state index contributed by atoms with van der Waals surface area (Å²) in [7, 11) is 3.21. The monoisotopic (exact) mass is 657 g/mol. The van der Waals surface area contributed by atoms with Crippen LogP contribution in [0.3, 0.4) is 0 Å². The van der Waals surface area contributed by atoms with Crippen LogP contribution in [0.4, 0.5) is 0 Å². The standard InChI is InChI=1S/C31H53N5O10/c1-34-31(33)36-11-18-14(5-3-13-4-6-21(32)35-10-13)7-16-23(25(18)39)27(41)22-17(24(16)38)8-15(44-2)9-19(22)45-30-29(43)28(42)26(40)20(12-37)46-30/h13-23,25-26,28-30,35,37,39-40,42-43H,3-12,32H2,1-2H3,(H3,33,34,36)/p+2. The van der Waals surface area contributed by atoms with E-state index in [2.05, 4.69) is 15.6 Å². The summed E-state index contributed by atoms with van der Waals surface area (Å²) in [5, 5.41) is 58.1. The number of ether oxygens (including phenoxy) is 3. The van der Waals surface area contributed by atoms with Gasteiger partial charge in [0.2, 0.25) is 0 Å². The van der Waals surface area contributed by atoms with Gasteiger partial charge in [0.25, 0.3) is 0 Å². The number of fused-ring (bicyclic) bond motifs is 2. The first-order valence-corrected chi connectivity index (χ1v) is 16.9. The van der Waals surface area contributed by atoms with E-state index in [4.69, 9.17) is 25.7 Å². The molecular formula is C31H55N5O10+2. The molecule has 0 spiro atoms. The smallest absolute Gasteiger partial charge is 0.340 e. The van der Waals surface area contributed by atoms with Gasteiger partial charge >= 0.3 is 5.96 Å². The first kappa shape index (κ1) is 35.5. The summed E-state index contributed by atoms with van der Waals surface area (Å²) in [6.07, 6.45) is -5.13. The summed E-state index contributed by atoms with van der Waals surface area (Å²) >= 11 is 0. The second-order valence-electron chi connectivity index (χ2n) is 14.1. The number of aliphatic hydroxyl groups is 5. The van der Waals surface area contributed by atoms with Crippen molar-refractivity contribution in [2.45, 2.75) is 100 Å². The molecular weight excluding hydrogens is 602 g/mol. The number of aliphatic hydroxyl groups excluding tert-OH is 5. The Balaban J connectivity index is 1.38. The van der Waals surface area contributed by atoms with Gasteiger partial charge in [-0.2, -0.15) is 0 Å². The number of carbonyl (C=O) groups is 2. The van der Waals surface area contributed by atoms with Gasteiger partial charge in [-0.05, 0) is 38.0 Å². The summed E-state index contributed by atoms with van der Waals surface area (Å²) in [6, 6.07) is 0. The average molecular weight is 658 g/mol. The number of hydrogen-bond acceptors (Lipinski definition) is 11. The van der Waals surface area contributed by atoms with E-state index in [-0.39, 0.29) is 36.0 Å². The van der Waals surface area contributed by atoms with E-state index in [1.165, 1.54) is 7.11 Å². The van der Waals surface area contributed by atoms with Gasteiger partial charge in [0.05, 0.1) is 56.9 Å². The predicted molar refractivity (Wildman–Crippen MR) is 161 cm³/mol. The normalized spacial score (nSPS) is 46.8. The fourth-order valence-corrected chi connectivity index (χ4v) is 8.82. The number of guanidine groups is 1. The fraction of sp³-hybridized carbons (Fsp3) is 0.903. The van der Waals surface area contributed by atoms with Crippen LogP contribution in [0.15, 0.2) is 0 Å². The fourth-order valence-electron chi connectivity index (χ4n) is 8.82. The summed E-state index contributed by atoms with van der Waals surface area (Å²) < 4.78 is 17.4. The van der Waals surface area contributed by atoms with Crippen LogP contribution >= 0.6 is 0 Å². The zero-order chi connectivity index (χ0) is 33.3. The summed E-state index contributed by atoms with van der Waals surface area (Å²) in [4.78, 5) is 31.6. The van der Waals surface area contributed by atoms with Crippen molar-refractivity contribution in [1.82, 2.24) is 5.32 Å². The van der Waals surface area contributed by atoms with Crippen molar-refractivity contribution in [2.24, 2.45) is 52.9 Å². The molecule has 0 radical (unpaired) electrons. The minimum absolute atomic E-state index is 0.0136. The van der Waals surface area contributed by atoms with E-state index in [0.29, 0.717) is 31.3 Å². The summed E-state index contributed by atoms with van der Waals surface area (Å²) in [5.74, 6) is -3.09. The Morgan fingerprint density at radius 1 is 1.00 bits per heavy atom. The first-order chi connectivity index (χ1) is 22.0. The third-order valence-electron chi connectivity index (χ3n) is 11.6. The average Bonchev–Trinajstić information content (AvgIpc) is 3.05. The van der Waals surface area contributed by atoms with Crippen molar-refractivity contribution < 1.29 is 59.6 Å². The molecule has 16 unspecified atom stereocenters. The van der Waals surface area contributed by atoms with E-state index in [1.807, 2.05) is 0 Å². The Hall–Kier alpha value is -1.79. The molecule has 15 nitrogen and oxygen atoms in total. The quantitative estimate of drug-likeness (QED) is 0.0820. The Morgan fingerprint density at radius 2 is 1.74 bits per heavy atom. The lowest BCUT2D eigenvalue weighted by atomic mass is 9.53. The number of quaternary nitrogens is 1. The Labute approximate surface area is 269 Å². The van der Waals surface area contributed by atoms with Gasteiger partial charge in [-0.3, -0.25) is 31.4 Å². The molecule has 3 aliphatic carbocycles. The number of nitrogens with one attached hydrogen (secondary N) is 2. The maximum absolute atomic E-state index is 14.5. The topological polar surface area (TPSA) is 258 Å². The Morgan fingerprint density at radius 3 is 2.39 bits per heavy atom. The molecule has 13 N–H and O–H groups in total. The molecule has 262 valence electrons. The van der Waals surface area contributed by atoms with Gasteiger partial charge in [0.1, 0.15) is 42.1 Å². The largest absolute Gasteiger partial charge is 0.394 e. The third kappa shape index (κ3) is 7.14. The summed E-state index contributed by atoms with van der Waals surface area (Å²) in [6.45, 7) is 0.644. The molecule has 5 aliphatic rings. The van der Waals surface area contributed by atoms with Gasteiger partial charge in [-0.1, -0.05) is 0 Å². The van der Waals surface area contributed by atoms with Crippen LogP contribution < -0.4 is 27.1 Å². The molecule has 0 aromatic carbocycles. The van der Waals surface area contributed by atoms with Crippen LogP contribution in [0.25, 0.3) is 0 Å². The number of methoxy groups -OCH3 is 1. The van der Waals surface area contributed by atoms with Crippen LogP contribution in [-0.4, -0.2) is 132 Å². The molecule has 5 fully saturated rings. The number of nitrogens with two attached hydrogens (primary N) is 3. The number of hydrogen-bond donors (Lipinski definition) is 10. The molecule has 16 atom stereocenters. The van der Waals surface area contributed by atoms with E-state index in [9.17, 15) is 35.1 Å². The SMILES string of the molecule is C[NH+]=C(N)NCC1C(CCC2CCC(N)[NH2+]C2)CC2C(=O)C3CC(OC)CC(OC4OC(CO)C(O)C(O)C4O)C3C(=O)C2C1O. The lowest BCUT2D eigenvalue weighted by molar-refractivity contribution is -0.702. The van der Waals surface area contributed by atoms with Crippen molar-refractivity contribution in [1.29, 1.82) is 0 Å². The van der Waals surface area contributed by atoms with Crippen molar-refractivity contribution in [2.75, 3.05) is 33.9 Å². The highest BCUT2D eigenvalue weighted by molar-refractivity contribution is 6.00. The van der Waals surface area contributed by atoms with Crippen LogP contribution in [0, 0.1) is 41.4 Å². The van der Waals surface area contributed by atoms with Crippen molar-refractivity contribution in [3.05, 3.63) is 0 Å². The number of rotatable bonds is 9. The molecule has 3 saturated carbocycles. The van der Waals surface area contributed by atoms with E-state index >= 15 is 0 Å². The minimum Gasteiger partial charge on any atom is -0.394 e. The lowest BCUT2D eigenvalue weighted by Crippen LogP contribution is -2.95. The maximum Gasteiger partial charge on any atom is 0.340 e. The summed E-state index contributed by atoms with van der Waals surface area (Å²) in [5.41, 5.74) is 12.1. The van der Waals surface area contributed by atoms with Crippen molar-refractivity contribution in [3.63, 3.8) is 0 Å². The molecule has 46 heavy (non-hydrogen) atoms. The molecule has 5 rings (SSSR count). The zero-order valence-corrected chi connectivity index (χ0v) is 26.8. The van der Waals surface area contributed by atoms with E-state index in [1.54, 1.807) is 7.05 Å². The van der Waals surface area contributed by atoms with Gasteiger partial charge < -0.3 is 45.1 Å². The molecule has 2 heterocycles. The minimum atomic E-state index is -1.66. The molecule has 2 aliphatic heterocycles. The highest BCUT2D eigenvalue weighted by atomic mass is 16.7. The van der Waals surface area contributed by atoms with Crippen LogP contribution in [0.1, 0.15) is 44.9 Å².